The summed E-state index contributed by atoms with van der Waals surface area (Å²) in [6.07, 6.45) is 0. The fourth-order valence-corrected chi connectivity index (χ4v) is 9.49. The highest BCUT2D eigenvalue weighted by atomic mass is 32.1. The van der Waals surface area contributed by atoms with E-state index in [0.717, 1.165) is 33.4 Å². The van der Waals surface area contributed by atoms with E-state index in [1.165, 1.54) is 74.7 Å². The third-order valence-corrected chi connectivity index (χ3v) is 11.8. The van der Waals surface area contributed by atoms with Crippen LogP contribution in [0.3, 0.4) is 0 Å². The number of hydrogen-bond acceptors (Lipinski definition) is 2. The summed E-state index contributed by atoms with van der Waals surface area (Å²) in [5, 5.41) is 11.2. The monoisotopic (exact) mass is 678 g/mol. The van der Waals surface area contributed by atoms with Gasteiger partial charge < -0.3 is 4.42 Å². The summed E-state index contributed by atoms with van der Waals surface area (Å²) >= 11 is 1.86. The fourth-order valence-electron chi connectivity index (χ4n) is 8.38. The number of fused-ring (bicyclic) bond motifs is 7. The third kappa shape index (κ3) is 4.41. The molecule has 0 unspecified atom stereocenters. The lowest BCUT2D eigenvalue weighted by Gasteiger charge is -2.19. The summed E-state index contributed by atoms with van der Waals surface area (Å²) in [5.74, 6) is 0.911. The Morgan fingerprint density at radius 2 is 0.904 bits per heavy atom. The van der Waals surface area contributed by atoms with Crippen molar-refractivity contribution in [1.82, 2.24) is 0 Å². The Morgan fingerprint density at radius 3 is 1.62 bits per heavy atom. The molecule has 0 fully saturated rings. The zero-order chi connectivity index (χ0) is 34.2. The Hall–Kier alpha value is -6.48. The van der Waals surface area contributed by atoms with Crippen LogP contribution in [0.15, 0.2) is 186 Å². The van der Waals surface area contributed by atoms with Crippen molar-refractivity contribution in [3.63, 3.8) is 0 Å². The summed E-state index contributed by atoms with van der Waals surface area (Å²) in [4.78, 5) is 0. The topological polar surface area (TPSA) is 13.1 Å². The molecule has 52 heavy (non-hydrogen) atoms. The number of thiophene rings is 1. The Labute approximate surface area is 304 Å². The molecule has 2 heteroatoms. The molecular weight excluding hydrogens is 649 g/mol. The molecule has 0 atom stereocenters. The van der Waals surface area contributed by atoms with Crippen LogP contribution in [0.4, 0.5) is 0 Å². The van der Waals surface area contributed by atoms with Crippen LogP contribution >= 0.6 is 11.3 Å². The number of furan rings is 1. The maximum Gasteiger partial charge on any atom is 0.143 e. The molecule has 0 aliphatic carbocycles. The van der Waals surface area contributed by atoms with Crippen LogP contribution in [0.1, 0.15) is 0 Å². The van der Waals surface area contributed by atoms with Crippen molar-refractivity contribution in [2.24, 2.45) is 0 Å². The molecule has 11 rings (SSSR count). The minimum atomic E-state index is 0.908. The number of hydrogen-bond donors (Lipinski definition) is 0. The molecule has 0 saturated heterocycles. The van der Waals surface area contributed by atoms with Gasteiger partial charge in [0.15, 0.2) is 0 Å². The molecule has 242 valence electrons. The van der Waals surface area contributed by atoms with E-state index in [2.05, 4.69) is 182 Å². The molecule has 0 radical (unpaired) electrons. The van der Waals surface area contributed by atoms with Gasteiger partial charge in [0.1, 0.15) is 11.3 Å². The summed E-state index contributed by atoms with van der Waals surface area (Å²) < 4.78 is 9.32. The number of rotatable bonds is 4. The SMILES string of the molecule is c1ccc(-c2oc3cc4c(cc3c2-c2ccccc2)sc2ccc(-c3c5ccccc5c(-c5cccc6ccccc56)c5ccccc35)cc24)cc1. The van der Waals surface area contributed by atoms with Crippen LogP contribution in [0.2, 0.25) is 0 Å². The van der Waals surface area contributed by atoms with E-state index in [0.29, 0.717) is 0 Å². The summed E-state index contributed by atoms with van der Waals surface area (Å²) in [6.45, 7) is 0. The van der Waals surface area contributed by atoms with Crippen molar-refractivity contribution in [2.75, 3.05) is 0 Å². The van der Waals surface area contributed by atoms with Crippen molar-refractivity contribution in [1.29, 1.82) is 0 Å². The van der Waals surface area contributed by atoms with Gasteiger partial charge in [0.2, 0.25) is 0 Å². The standard InChI is InChI=1S/C50H30OS/c1-3-15-32(16-4-1)48-43-30-46-42(29-44(43)51-50(48)33-17-5-2-6-18-33)41-28-34(26-27-45(41)52-46)47-37-21-9-11-23-39(37)49(40-24-12-10-22-38(40)47)36-25-13-19-31-14-7-8-20-35(31)36/h1-30H. The van der Waals surface area contributed by atoms with Crippen LogP contribution in [0.5, 0.6) is 0 Å². The van der Waals surface area contributed by atoms with E-state index in [4.69, 9.17) is 4.42 Å². The van der Waals surface area contributed by atoms with Gasteiger partial charge in [-0.25, -0.2) is 0 Å². The predicted octanol–water partition coefficient (Wildman–Crippen LogP) is 14.9. The fraction of sp³-hybridized carbons (Fsp3) is 0. The maximum atomic E-state index is 6.79. The zero-order valence-corrected chi connectivity index (χ0v) is 29.0. The second-order valence-corrected chi connectivity index (χ2v) is 14.6. The van der Waals surface area contributed by atoms with Crippen LogP contribution < -0.4 is 0 Å². The molecule has 0 amide bonds. The van der Waals surface area contributed by atoms with Crippen molar-refractivity contribution >= 4 is 74.8 Å². The Bertz CT molecular complexity index is 3100. The molecule has 0 saturated carbocycles. The molecule has 2 heterocycles. The van der Waals surface area contributed by atoms with Gasteiger partial charge in [-0.15, -0.1) is 11.3 Å². The van der Waals surface area contributed by atoms with Gasteiger partial charge in [0.05, 0.1) is 0 Å². The van der Waals surface area contributed by atoms with Gasteiger partial charge in [-0.05, 0) is 84.4 Å². The molecule has 1 nitrogen and oxygen atoms in total. The Kier molecular flexibility index (Phi) is 6.49. The first-order valence-electron chi connectivity index (χ1n) is 17.8. The lowest BCUT2D eigenvalue weighted by molar-refractivity contribution is 0.633. The largest absolute Gasteiger partial charge is 0.455 e. The first kappa shape index (κ1) is 29.3. The second kappa shape index (κ2) is 11.5. The average molecular weight is 679 g/mol. The van der Waals surface area contributed by atoms with Crippen molar-refractivity contribution < 1.29 is 4.42 Å². The van der Waals surface area contributed by atoms with Crippen LogP contribution in [-0.4, -0.2) is 0 Å². The highest BCUT2D eigenvalue weighted by Gasteiger charge is 2.21. The third-order valence-electron chi connectivity index (χ3n) is 10.7. The average Bonchev–Trinajstić information content (AvgIpc) is 3.76. The van der Waals surface area contributed by atoms with Gasteiger partial charge in [0.25, 0.3) is 0 Å². The highest BCUT2D eigenvalue weighted by Crippen LogP contribution is 2.48. The molecule has 0 spiro atoms. The summed E-state index contributed by atoms with van der Waals surface area (Å²) in [5.41, 5.74) is 9.34. The van der Waals surface area contributed by atoms with Crippen LogP contribution in [0.25, 0.3) is 108 Å². The molecule has 9 aromatic carbocycles. The van der Waals surface area contributed by atoms with E-state index < -0.39 is 0 Å². The van der Waals surface area contributed by atoms with E-state index >= 15 is 0 Å². The molecule has 0 N–H and O–H groups in total. The lowest BCUT2D eigenvalue weighted by atomic mass is 9.84. The quantitative estimate of drug-likeness (QED) is 0.169. The van der Waals surface area contributed by atoms with Gasteiger partial charge in [-0.1, -0.05) is 158 Å². The maximum absolute atomic E-state index is 6.79. The number of benzene rings is 9. The lowest BCUT2D eigenvalue weighted by Crippen LogP contribution is -1.91. The highest BCUT2D eigenvalue weighted by molar-refractivity contribution is 7.25. The second-order valence-electron chi connectivity index (χ2n) is 13.6. The Balaban J connectivity index is 1.17. The minimum absolute atomic E-state index is 0.908. The van der Waals surface area contributed by atoms with Crippen molar-refractivity contribution in [3.05, 3.63) is 182 Å². The van der Waals surface area contributed by atoms with Crippen molar-refractivity contribution in [2.45, 2.75) is 0 Å². The van der Waals surface area contributed by atoms with E-state index in [-0.39, 0.29) is 0 Å². The van der Waals surface area contributed by atoms with Crippen LogP contribution in [0, 0.1) is 0 Å². The molecular formula is C50H30OS. The van der Waals surface area contributed by atoms with E-state index in [1.54, 1.807) is 0 Å². The predicted molar refractivity (Wildman–Crippen MR) is 223 cm³/mol. The van der Waals surface area contributed by atoms with Gasteiger partial charge in [-0.2, -0.15) is 0 Å². The molecule has 0 bridgehead atoms. The van der Waals surface area contributed by atoms with Crippen molar-refractivity contribution in [3.8, 4) is 44.7 Å². The Morgan fingerprint density at radius 1 is 0.327 bits per heavy atom. The van der Waals surface area contributed by atoms with Crippen LogP contribution in [-0.2, 0) is 0 Å². The smallest absolute Gasteiger partial charge is 0.143 e. The zero-order valence-electron chi connectivity index (χ0n) is 28.1. The summed E-state index contributed by atoms with van der Waals surface area (Å²) in [7, 11) is 0. The molecule has 0 aliphatic rings. The first-order chi connectivity index (χ1) is 25.8. The summed E-state index contributed by atoms with van der Waals surface area (Å²) in [6, 6.07) is 66.0. The van der Waals surface area contributed by atoms with Gasteiger partial charge in [0, 0.05) is 36.7 Å². The molecule has 2 aromatic heterocycles. The van der Waals surface area contributed by atoms with E-state index in [9.17, 15) is 0 Å². The molecule has 0 aliphatic heterocycles. The van der Waals surface area contributed by atoms with Gasteiger partial charge in [-0.3, -0.25) is 0 Å². The van der Waals surface area contributed by atoms with Gasteiger partial charge >= 0.3 is 0 Å². The normalized spacial score (nSPS) is 11.8. The minimum Gasteiger partial charge on any atom is -0.455 e. The first-order valence-corrected chi connectivity index (χ1v) is 18.6. The molecule has 11 aromatic rings. The van der Waals surface area contributed by atoms with E-state index in [1.807, 2.05) is 11.3 Å².